The van der Waals surface area contributed by atoms with E-state index >= 15 is 0 Å². The molecule has 1 heterocycles. The topological polar surface area (TPSA) is 74.1 Å². The van der Waals surface area contributed by atoms with Crippen LogP contribution >= 0.6 is 0 Å². The lowest BCUT2D eigenvalue weighted by Gasteiger charge is -2.11. The predicted molar refractivity (Wildman–Crippen MR) is 101 cm³/mol. The molecule has 132 valence electrons. The van der Waals surface area contributed by atoms with Gasteiger partial charge in [-0.3, -0.25) is 9.59 Å². The van der Waals surface area contributed by atoms with Crippen molar-refractivity contribution >= 4 is 28.9 Å². The molecule has 0 radical (unpaired) electrons. The predicted octanol–water partition coefficient (Wildman–Crippen LogP) is 4.22. The van der Waals surface area contributed by atoms with Gasteiger partial charge in [-0.15, -0.1) is 0 Å². The second-order valence-electron chi connectivity index (χ2n) is 5.94. The van der Waals surface area contributed by atoms with Crippen LogP contribution in [0.15, 0.2) is 77.0 Å². The third-order valence-electron chi connectivity index (χ3n) is 3.97. The Hall–Kier alpha value is -3.28. The van der Waals surface area contributed by atoms with Crippen LogP contribution in [0.4, 0.5) is 17.1 Å². The molecule has 1 aliphatic rings. The van der Waals surface area contributed by atoms with Crippen LogP contribution in [0.25, 0.3) is 0 Å². The highest BCUT2D eigenvalue weighted by atomic mass is 16.2. The van der Waals surface area contributed by atoms with E-state index in [0.717, 1.165) is 31.6 Å². The molecule has 6 heteroatoms. The van der Waals surface area contributed by atoms with Crippen molar-refractivity contribution in [1.29, 1.82) is 0 Å². The molecule has 0 aliphatic carbocycles. The quantitative estimate of drug-likeness (QED) is 0.649. The molecule has 0 bridgehead atoms. The highest BCUT2D eigenvalue weighted by Gasteiger charge is 2.15. The maximum Gasteiger partial charge on any atom is 0.248 e. The van der Waals surface area contributed by atoms with Gasteiger partial charge in [-0.1, -0.05) is 18.2 Å². The van der Waals surface area contributed by atoms with Gasteiger partial charge in [0.15, 0.2) is 0 Å². The molecule has 1 fully saturated rings. The lowest BCUT2D eigenvalue weighted by Crippen LogP contribution is -2.25. The lowest BCUT2D eigenvalue weighted by molar-refractivity contribution is -0.125. The Balaban J connectivity index is 1.52. The molecule has 2 amide bonds. The minimum Gasteiger partial charge on any atom is -0.339 e. The Bertz CT molecular complexity index is 807. The number of nitrogens with one attached hydrogen (secondary N) is 1. The van der Waals surface area contributed by atoms with Crippen molar-refractivity contribution in [2.24, 2.45) is 10.2 Å². The minimum atomic E-state index is -0.337. The summed E-state index contributed by atoms with van der Waals surface area (Å²) in [4.78, 5) is 25.5. The largest absolute Gasteiger partial charge is 0.339 e. The Labute approximate surface area is 152 Å². The van der Waals surface area contributed by atoms with E-state index in [1.807, 2.05) is 30.3 Å². The van der Waals surface area contributed by atoms with Crippen molar-refractivity contribution in [1.82, 2.24) is 4.90 Å². The fourth-order valence-electron chi connectivity index (χ4n) is 2.60. The summed E-state index contributed by atoms with van der Waals surface area (Å²) in [5.41, 5.74) is 2.09. The third kappa shape index (κ3) is 5.11. The van der Waals surface area contributed by atoms with Crippen LogP contribution in [-0.2, 0) is 9.59 Å². The summed E-state index contributed by atoms with van der Waals surface area (Å²) >= 11 is 0. The minimum absolute atomic E-state index is 0.116. The van der Waals surface area contributed by atoms with Crippen LogP contribution in [0.2, 0.25) is 0 Å². The van der Waals surface area contributed by atoms with Crippen LogP contribution in [0, 0.1) is 0 Å². The fraction of sp³-hybridized carbons (Fsp3) is 0.200. The number of benzene rings is 2. The zero-order valence-corrected chi connectivity index (χ0v) is 14.3. The molecule has 1 saturated heterocycles. The standard InChI is InChI=1S/C20H20N4O2/c25-19(12-13-20(26)24-14-4-5-15-24)21-16-8-10-18(11-9-16)23-22-17-6-2-1-3-7-17/h1-3,6-13H,4-5,14-15H2,(H,21,25)/b13-12+,23-22?. The number of amides is 2. The number of hydrogen-bond donors (Lipinski definition) is 1. The van der Waals surface area contributed by atoms with Gasteiger partial charge in [-0.25, -0.2) is 0 Å². The van der Waals surface area contributed by atoms with Crippen LogP contribution in [0.1, 0.15) is 12.8 Å². The average Bonchev–Trinajstić information content (AvgIpc) is 3.21. The molecular weight excluding hydrogens is 328 g/mol. The summed E-state index contributed by atoms with van der Waals surface area (Å²) in [6.45, 7) is 1.54. The van der Waals surface area contributed by atoms with E-state index in [0.29, 0.717) is 11.4 Å². The van der Waals surface area contributed by atoms with E-state index in [2.05, 4.69) is 15.5 Å². The number of likely N-dealkylation sites (tertiary alicyclic amines) is 1. The van der Waals surface area contributed by atoms with Gasteiger partial charge < -0.3 is 10.2 Å². The van der Waals surface area contributed by atoms with Gasteiger partial charge in [0.25, 0.3) is 0 Å². The molecule has 1 N–H and O–H groups in total. The van der Waals surface area contributed by atoms with Crippen molar-refractivity contribution in [3.05, 3.63) is 66.7 Å². The number of hydrogen-bond acceptors (Lipinski definition) is 4. The molecular formula is C20H20N4O2. The first-order chi connectivity index (χ1) is 12.7. The maximum atomic E-state index is 11.9. The van der Waals surface area contributed by atoms with Crippen LogP contribution in [-0.4, -0.2) is 29.8 Å². The van der Waals surface area contributed by atoms with E-state index in [1.54, 1.807) is 29.2 Å². The second-order valence-corrected chi connectivity index (χ2v) is 5.94. The zero-order valence-electron chi connectivity index (χ0n) is 14.3. The fourth-order valence-corrected chi connectivity index (χ4v) is 2.60. The molecule has 2 aromatic rings. The average molecular weight is 348 g/mol. The molecule has 2 aromatic carbocycles. The first kappa shape index (κ1) is 17.5. The number of azo groups is 1. The summed E-state index contributed by atoms with van der Waals surface area (Å²) in [5, 5.41) is 11.0. The summed E-state index contributed by atoms with van der Waals surface area (Å²) in [6.07, 6.45) is 4.65. The molecule has 3 rings (SSSR count). The number of rotatable bonds is 5. The van der Waals surface area contributed by atoms with Crippen LogP contribution in [0.3, 0.4) is 0 Å². The number of carbonyl (C=O) groups excluding carboxylic acids is 2. The van der Waals surface area contributed by atoms with Gasteiger partial charge in [0, 0.05) is 30.9 Å². The van der Waals surface area contributed by atoms with Crippen molar-refractivity contribution in [2.75, 3.05) is 18.4 Å². The molecule has 6 nitrogen and oxygen atoms in total. The first-order valence-electron chi connectivity index (χ1n) is 8.55. The molecule has 0 spiro atoms. The summed E-state index contributed by atoms with van der Waals surface area (Å²) < 4.78 is 0. The molecule has 0 unspecified atom stereocenters. The molecule has 0 aromatic heterocycles. The van der Waals surface area contributed by atoms with E-state index < -0.39 is 0 Å². The lowest BCUT2D eigenvalue weighted by atomic mass is 10.3. The normalized spacial score (nSPS) is 14.2. The highest BCUT2D eigenvalue weighted by Crippen LogP contribution is 2.20. The Morgan fingerprint density at radius 2 is 1.46 bits per heavy atom. The zero-order chi connectivity index (χ0) is 18.2. The van der Waals surface area contributed by atoms with Gasteiger partial charge in [0.05, 0.1) is 11.4 Å². The summed E-state index contributed by atoms with van der Waals surface area (Å²) in [5.74, 6) is -0.453. The van der Waals surface area contributed by atoms with Crippen molar-refractivity contribution < 1.29 is 9.59 Å². The number of nitrogens with zero attached hydrogens (tertiary/aromatic N) is 3. The molecule has 1 aliphatic heterocycles. The summed E-state index contributed by atoms with van der Waals surface area (Å²) in [6, 6.07) is 16.5. The van der Waals surface area contributed by atoms with E-state index in [-0.39, 0.29) is 11.8 Å². The third-order valence-corrected chi connectivity index (χ3v) is 3.97. The highest BCUT2D eigenvalue weighted by molar-refractivity contribution is 6.03. The number of carbonyl (C=O) groups is 2. The Morgan fingerprint density at radius 1 is 0.846 bits per heavy atom. The van der Waals surface area contributed by atoms with Gasteiger partial charge >= 0.3 is 0 Å². The van der Waals surface area contributed by atoms with Crippen molar-refractivity contribution in [3.63, 3.8) is 0 Å². The van der Waals surface area contributed by atoms with E-state index in [1.165, 1.54) is 12.2 Å². The van der Waals surface area contributed by atoms with Gasteiger partial charge in [-0.05, 0) is 49.2 Å². The smallest absolute Gasteiger partial charge is 0.248 e. The van der Waals surface area contributed by atoms with Crippen molar-refractivity contribution in [3.8, 4) is 0 Å². The van der Waals surface area contributed by atoms with Crippen LogP contribution < -0.4 is 5.32 Å². The van der Waals surface area contributed by atoms with Crippen LogP contribution in [0.5, 0.6) is 0 Å². The number of anilines is 1. The Kier molecular flexibility index (Phi) is 5.88. The van der Waals surface area contributed by atoms with Gasteiger partial charge in [0.2, 0.25) is 11.8 Å². The SMILES string of the molecule is O=C(/C=C/C(=O)N1CCCC1)Nc1ccc(N=Nc2ccccc2)cc1. The molecule has 0 saturated carbocycles. The first-order valence-corrected chi connectivity index (χ1v) is 8.55. The second kappa shape index (κ2) is 8.71. The maximum absolute atomic E-state index is 11.9. The Morgan fingerprint density at radius 3 is 2.12 bits per heavy atom. The van der Waals surface area contributed by atoms with Gasteiger partial charge in [-0.2, -0.15) is 10.2 Å². The molecule has 26 heavy (non-hydrogen) atoms. The summed E-state index contributed by atoms with van der Waals surface area (Å²) in [7, 11) is 0. The van der Waals surface area contributed by atoms with Crippen molar-refractivity contribution in [2.45, 2.75) is 12.8 Å². The van der Waals surface area contributed by atoms with Gasteiger partial charge in [0.1, 0.15) is 0 Å². The monoisotopic (exact) mass is 348 g/mol. The van der Waals surface area contributed by atoms with E-state index in [4.69, 9.17) is 0 Å². The van der Waals surface area contributed by atoms with E-state index in [9.17, 15) is 9.59 Å². The molecule has 0 atom stereocenters.